The second-order valence-electron chi connectivity index (χ2n) is 3.31. The van der Waals surface area contributed by atoms with Crippen LogP contribution >= 0.6 is 0 Å². The van der Waals surface area contributed by atoms with Crippen LogP contribution in [0, 0.1) is 0 Å². The van der Waals surface area contributed by atoms with Gasteiger partial charge in [-0.05, 0) is 14.0 Å². The second kappa shape index (κ2) is 5.06. The lowest BCUT2D eigenvalue weighted by Crippen LogP contribution is -2.48. The Labute approximate surface area is 85.5 Å². The number of rotatable bonds is 4. The monoisotopic (exact) mass is 222 g/mol. The summed E-state index contributed by atoms with van der Waals surface area (Å²) in [5.41, 5.74) is 0. The van der Waals surface area contributed by atoms with E-state index in [0.717, 1.165) is 0 Å². The summed E-state index contributed by atoms with van der Waals surface area (Å²) in [5, 5.41) is 2.98. The van der Waals surface area contributed by atoms with E-state index in [1.165, 1.54) is 4.31 Å². The van der Waals surface area contributed by atoms with E-state index in [2.05, 4.69) is 5.32 Å². The minimum atomic E-state index is -3.05. The quantitative estimate of drug-likeness (QED) is 0.680. The van der Waals surface area contributed by atoms with Crippen molar-refractivity contribution in [3.63, 3.8) is 0 Å². The predicted octanol–water partition coefficient (Wildman–Crippen LogP) is -0.744. The highest BCUT2D eigenvalue weighted by molar-refractivity contribution is 7.89. The van der Waals surface area contributed by atoms with Crippen molar-refractivity contribution < 1.29 is 13.2 Å². The Morgan fingerprint density at radius 3 is 2.86 bits per heavy atom. The number of ether oxygens (including phenoxy) is 1. The molecular formula is C8H18N2O3S. The molecule has 84 valence electrons. The van der Waals surface area contributed by atoms with Crippen LogP contribution in [0.5, 0.6) is 0 Å². The van der Waals surface area contributed by atoms with Crippen molar-refractivity contribution in [1.29, 1.82) is 0 Å². The number of hydrogen-bond acceptors (Lipinski definition) is 4. The molecule has 0 aromatic rings. The Bertz CT molecular complexity index is 264. The fourth-order valence-electron chi connectivity index (χ4n) is 1.48. The van der Waals surface area contributed by atoms with Crippen LogP contribution in [0.15, 0.2) is 0 Å². The van der Waals surface area contributed by atoms with Gasteiger partial charge in [0.05, 0.1) is 18.5 Å². The summed E-state index contributed by atoms with van der Waals surface area (Å²) < 4.78 is 30.0. The maximum absolute atomic E-state index is 11.6. The SMILES string of the molecule is CCS(=O)(=O)N1CCOC(CNC)C1. The minimum absolute atomic E-state index is 0.0184. The number of likely N-dealkylation sites (N-methyl/N-ethyl adjacent to an activating group) is 1. The zero-order chi connectivity index (χ0) is 10.6. The Hall–Kier alpha value is -0.170. The largest absolute Gasteiger partial charge is 0.374 e. The molecular weight excluding hydrogens is 204 g/mol. The predicted molar refractivity (Wildman–Crippen MR) is 54.7 cm³/mol. The van der Waals surface area contributed by atoms with Crippen LogP contribution in [0.25, 0.3) is 0 Å². The Kier molecular flexibility index (Phi) is 4.31. The molecule has 1 aliphatic heterocycles. The third-order valence-electron chi connectivity index (χ3n) is 2.29. The number of nitrogens with one attached hydrogen (secondary N) is 1. The van der Waals surface area contributed by atoms with Gasteiger partial charge in [-0.2, -0.15) is 4.31 Å². The lowest BCUT2D eigenvalue weighted by atomic mass is 10.3. The van der Waals surface area contributed by atoms with E-state index in [9.17, 15) is 8.42 Å². The summed E-state index contributed by atoms with van der Waals surface area (Å²) in [6.45, 7) is 3.80. The van der Waals surface area contributed by atoms with Crippen molar-refractivity contribution in [2.75, 3.05) is 39.0 Å². The van der Waals surface area contributed by atoms with Gasteiger partial charge >= 0.3 is 0 Å². The molecule has 0 amide bonds. The fraction of sp³-hybridized carbons (Fsp3) is 1.00. The molecule has 0 radical (unpaired) electrons. The molecule has 1 unspecified atom stereocenters. The molecule has 5 nitrogen and oxygen atoms in total. The topological polar surface area (TPSA) is 58.6 Å². The molecule has 0 saturated carbocycles. The van der Waals surface area contributed by atoms with Crippen LogP contribution < -0.4 is 5.32 Å². The zero-order valence-electron chi connectivity index (χ0n) is 8.69. The Morgan fingerprint density at radius 2 is 2.29 bits per heavy atom. The summed E-state index contributed by atoms with van der Waals surface area (Å²) in [5.74, 6) is 0.166. The van der Waals surface area contributed by atoms with Crippen molar-refractivity contribution in [3.05, 3.63) is 0 Å². The number of nitrogens with zero attached hydrogens (tertiary/aromatic N) is 1. The van der Waals surface area contributed by atoms with E-state index < -0.39 is 10.0 Å². The van der Waals surface area contributed by atoms with Crippen LogP contribution in [0.3, 0.4) is 0 Å². The highest BCUT2D eigenvalue weighted by Gasteiger charge is 2.27. The van der Waals surface area contributed by atoms with Gasteiger partial charge in [-0.15, -0.1) is 0 Å². The fourth-order valence-corrected chi connectivity index (χ4v) is 2.59. The van der Waals surface area contributed by atoms with Gasteiger partial charge in [-0.25, -0.2) is 8.42 Å². The van der Waals surface area contributed by atoms with Gasteiger partial charge < -0.3 is 10.1 Å². The van der Waals surface area contributed by atoms with Crippen LogP contribution in [-0.2, 0) is 14.8 Å². The van der Waals surface area contributed by atoms with Gasteiger partial charge in [0.2, 0.25) is 10.0 Å². The van der Waals surface area contributed by atoms with E-state index in [0.29, 0.717) is 26.2 Å². The Morgan fingerprint density at radius 1 is 1.57 bits per heavy atom. The molecule has 0 aliphatic carbocycles. The summed E-state index contributed by atoms with van der Waals surface area (Å²) in [6, 6.07) is 0. The van der Waals surface area contributed by atoms with Gasteiger partial charge in [-0.1, -0.05) is 0 Å². The second-order valence-corrected chi connectivity index (χ2v) is 5.57. The van der Waals surface area contributed by atoms with Crippen molar-refractivity contribution in [2.45, 2.75) is 13.0 Å². The first-order valence-electron chi connectivity index (χ1n) is 4.84. The summed E-state index contributed by atoms with van der Waals surface area (Å²) in [4.78, 5) is 0. The molecule has 1 aliphatic rings. The third kappa shape index (κ3) is 2.91. The first-order chi connectivity index (χ1) is 6.60. The first kappa shape index (κ1) is 11.9. The van der Waals surface area contributed by atoms with Crippen molar-refractivity contribution in [3.8, 4) is 0 Å². The summed E-state index contributed by atoms with van der Waals surface area (Å²) >= 11 is 0. The van der Waals surface area contributed by atoms with Crippen molar-refractivity contribution >= 4 is 10.0 Å². The lowest BCUT2D eigenvalue weighted by molar-refractivity contribution is 0.000877. The van der Waals surface area contributed by atoms with Gasteiger partial charge in [-0.3, -0.25) is 0 Å². The molecule has 0 aromatic carbocycles. The van der Waals surface area contributed by atoms with Crippen molar-refractivity contribution in [2.24, 2.45) is 0 Å². The molecule has 1 saturated heterocycles. The van der Waals surface area contributed by atoms with Gasteiger partial charge in [0.1, 0.15) is 0 Å². The average molecular weight is 222 g/mol. The summed E-state index contributed by atoms with van der Waals surface area (Å²) in [6.07, 6.45) is -0.0184. The number of hydrogen-bond donors (Lipinski definition) is 1. The standard InChI is InChI=1S/C8H18N2O3S/c1-3-14(11,12)10-4-5-13-8(7-10)6-9-2/h8-9H,3-7H2,1-2H3. The van der Waals surface area contributed by atoms with Gasteiger partial charge in [0.25, 0.3) is 0 Å². The zero-order valence-corrected chi connectivity index (χ0v) is 9.51. The van der Waals surface area contributed by atoms with E-state index >= 15 is 0 Å². The van der Waals surface area contributed by atoms with Crippen LogP contribution in [-0.4, -0.2) is 57.9 Å². The lowest BCUT2D eigenvalue weighted by Gasteiger charge is -2.31. The molecule has 0 aromatic heterocycles. The highest BCUT2D eigenvalue weighted by Crippen LogP contribution is 2.09. The maximum Gasteiger partial charge on any atom is 0.213 e. The minimum Gasteiger partial charge on any atom is -0.374 e. The smallest absolute Gasteiger partial charge is 0.213 e. The number of sulfonamides is 1. The molecule has 0 spiro atoms. The normalized spacial score (nSPS) is 25.1. The third-order valence-corrected chi connectivity index (χ3v) is 4.14. The first-order valence-corrected chi connectivity index (χ1v) is 6.45. The molecule has 1 atom stereocenters. The van der Waals surface area contributed by atoms with Gasteiger partial charge in [0.15, 0.2) is 0 Å². The molecule has 1 fully saturated rings. The molecule has 14 heavy (non-hydrogen) atoms. The molecule has 0 bridgehead atoms. The molecule has 6 heteroatoms. The molecule has 1 N–H and O–H groups in total. The van der Waals surface area contributed by atoms with Crippen LogP contribution in [0.2, 0.25) is 0 Å². The van der Waals surface area contributed by atoms with E-state index in [1.54, 1.807) is 6.92 Å². The van der Waals surface area contributed by atoms with Gasteiger partial charge in [0, 0.05) is 19.6 Å². The van der Waals surface area contributed by atoms with E-state index in [-0.39, 0.29) is 11.9 Å². The van der Waals surface area contributed by atoms with E-state index in [1.807, 2.05) is 7.05 Å². The summed E-state index contributed by atoms with van der Waals surface area (Å²) in [7, 11) is -1.22. The Balaban J connectivity index is 2.56. The highest BCUT2D eigenvalue weighted by atomic mass is 32.2. The van der Waals surface area contributed by atoms with Crippen LogP contribution in [0.4, 0.5) is 0 Å². The van der Waals surface area contributed by atoms with E-state index in [4.69, 9.17) is 4.74 Å². The average Bonchev–Trinajstić information content (AvgIpc) is 2.19. The molecule has 1 heterocycles. The molecule has 1 rings (SSSR count). The van der Waals surface area contributed by atoms with Crippen molar-refractivity contribution in [1.82, 2.24) is 9.62 Å². The van der Waals surface area contributed by atoms with Crippen LogP contribution in [0.1, 0.15) is 6.92 Å². The maximum atomic E-state index is 11.6. The number of morpholine rings is 1.